The van der Waals surface area contributed by atoms with Gasteiger partial charge in [-0.1, -0.05) is 43.7 Å². The van der Waals surface area contributed by atoms with Gasteiger partial charge in [-0.25, -0.2) is 4.57 Å². The van der Waals surface area contributed by atoms with Crippen LogP contribution < -0.4 is 9.13 Å². The highest BCUT2D eigenvalue weighted by atomic mass is 14.9. The molecule has 4 aromatic heterocycles. The van der Waals surface area contributed by atoms with Crippen LogP contribution in [0.4, 0.5) is 0 Å². The predicted molar refractivity (Wildman–Crippen MR) is 178 cm³/mol. The minimum atomic E-state index is 0.365. The normalized spacial score (nSPS) is 16.4. The number of aryl methyl sites for hydroxylation is 2. The fraction of sp³-hybridized carbons (Fsp3) is 0.385. The standard InChI is InChI=1S/C39H48N5/c1-5-31(34-16-24-43(4)25-17-34)28-37(33-13-20-40-21-14-33)29-32(6-2)35-18-26-44(27-19-35)23-8-7-11-36-15-22-41-39(36)38-12-9-10-30(3)42-38/h9-10,12-22,24-27,31-32,36-37H,4-8,11,23,28-29H2,1-3H3/q+1. The van der Waals surface area contributed by atoms with Crippen molar-refractivity contribution in [2.45, 2.75) is 90.0 Å². The Morgan fingerprint density at radius 1 is 0.773 bits per heavy atom. The summed E-state index contributed by atoms with van der Waals surface area (Å²) in [5.74, 6) is 1.87. The molecule has 0 amide bonds. The first kappa shape index (κ1) is 31.3. The van der Waals surface area contributed by atoms with Crippen LogP contribution in [0, 0.1) is 19.9 Å². The lowest BCUT2D eigenvalue weighted by atomic mass is 9.77. The maximum Gasteiger partial charge on any atom is 0.169 e. The third-order valence-corrected chi connectivity index (χ3v) is 9.29. The molecule has 5 rings (SSSR count). The molecule has 1 aliphatic heterocycles. The zero-order valence-electron chi connectivity index (χ0n) is 26.7. The largest absolute Gasteiger partial charge is 0.339 e. The number of rotatable bonds is 15. The van der Waals surface area contributed by atoms with Crippen LogP contribution in [0.2, 0.25) is 0 Å². The van der Waals surface area contributed by atoms with E-state index in [1.54, 1.807) is 0 Å². The number of aliphatic imine (C=N–C) groups is 1. The van der Waals surface area contributed by atoms with E-state index >= 15 is 0 Å². The van der Waals surface area contributed by atoms with Crippen LogP contribution in [0.3, 0.4) is 0 Å². The highest BCUT2D eigenvalue weighted by Gasteiger charge is 2.24. The van der Waals surface area contributed by atoms with Gasteiger partial charge in [-0.15, -0.1) is 0 Å². The molecule has 0 aliphatic carbocycles. The summed E-state index contributed by atoms with van der Waals surface area (Å²) in [6.07, 6.45) is 24.7. The van der Waals surface area contributed by atoms with Gasteiger partial charge >= 0.3 is 0 Å². The van der Waals surface area contributed by atoms with Gasteiger partial charge in [0.25, 0.3) is 0 Å². The summed E-state index contributed by atoms with van der Waals surface area (Å²) in [7, 11) is 4.00. The molecule has 4 aromatic rings. The van der Waals surface area contributed by atoms with Crippen LogP contribution in [-0.2, 0) is 6.54 Å². The molecule has 4 unspecified atom stereocenters. The van der Waals surface area contributed by atoms with E-state index in [9.17, 15) is 0 Å². The zero-order valence-corrected chi connectivity index (χ0v) is 26.7. The van der Waals surface area contributed by atoms with Gasteiger partial charge in [-0.05, 0) is 98.6 Å². The molecule has 0 radical (unpaired) electrons. The fourth-order valence-corrected chi connectivity index (χ4v) is 6.65. The van der Waals surface area contributed by atoms with Crippen LogP contribution in [0.15, 0.2) is 109 Å². The number of hydrogen-bond donors (Lipinski definition) is 0. The molecule has 4 atom stereocenters. The van der Waals surface area contributed by atoms with Crippen LogP contribution in [-0.4, -0.2) is 15.7 Å². The molecule has 0 fully saturated rings. The average molecular weight is 587 g/mol. The van der Waals surface area contributed by atoms with E-state index in [1.165, 1.54) is 16.7 Å². The van der Waals surface area contributed by atoms with Crippen molar-refractivity contribution in [3.8, 4) is 0 Å². The highest BCUT2D eigenvalue weighted by Crippen LogP contribution is 2.39. The second-order valence-electron chi connectivity index (χ2n) is 12.3. The second kappa shape index (κ2) is 15.6. The Bertz CT molecular complexity index is 1510. The van der Waals surface area contributed by atoms with E-state index in [0.717, 1.165) is 68.6 Å². The summed E-state index contributed by atoms with van der Waals surface area (Å²) in [4.78, 5) is 13.7. The Hall–Kier alpha value is -4.12. The summed E-state index contributed by atoms with van der Waals surface area (Å²) in [5, 5.41) is 0. The number of nitrogens with zero attached hydrogens (tertiary/aromatic N) is 5. The Morgan fingerprint density at radius 3 is 2.05 bits per heavy atom. The summed E-state index contributed by atoms with van der Waals surface area (Å²) in [5.41, 5.74) is 7.41. The molecule has 1 aliphatic rings. The molecule has 0 aromatic carbocycles. The molecule has 5 nitrogen and oxygen atoms in total. The number of aromatic nitrogens is 4. The number of hydrogen-bond acceptors (Lipinski definition) is 3. The first-order chi connectivity index (χ1) is 21.5. The highest BCUT2D eigenvalue weighted by molar-refractivity contribution is 6.03. The second-order valence-corrected chi connectivity index (χ2v) is 12.3. The third kappa shape index (κ3) is 8.28. The topological polar surface area (TPSA) is 45.9 Å². The van der Waals surface area contributed by atoms with Crippen molar-refractivity contribution < 1.29 is 9.13 Å². The lowest BCUT2D eigenvalue weighted by Gasteiger charge is -2.27. The molecule has 0 bridgehead atoms. The molecule has 228 valence electrons. The van der Waals surface area contributed by atoms with Gasteiger partial charge in [-0.2, -0.15) is 0 Å². The summed E-state index contributed by atoms with van der Waals surface area (Å²) >= 11 is 0. The van der Waals surface area contributed by atoms with Gasteiger partial charge in [0.05, 0.1) is 23.8 Å². The molecule has 5 heteroatoms. The van der Waals surface area contributed by atoms with Gasteiger partial charge in [0.15, 0.2) is 12.4 Å². The molecule has 5 heterocycles. The van der Waals surface area contributed by atoms with Gasteiger partial charge in [0.2, 0.25) is 0 Å². The van der Waals surface area contributed by atoms with Crippen LogP contribution in [0.5, 0.6) is 0 Å². The minimum Gasteiger partial charge on any atom is -0.339 e. The third-order valence-electron chi connectivity index (χ3n) is 9.29. The van der Waals surface area contributed by atoms with Crippen LogP contribution in [0.1, 0.15) is 105 Å². The monoisotopic (exact) mass is 586 g/mol. The first-order valence-electron chi connectivity index (χ1n) is 16.4. The molecular formula is C39H48N5+. The van der Waals surface area contributed by atoms with E-state index in [1.807, 2.05) is 36.2 Å². The Labute approximate surface area is 264 Å². The quantitative estimate of drug-likeness (QED) is 0.0804. The van der Waals surface area contributed by atoms with Crippen LogP contribution >= 0.6 is 0 Å². The molecule has 0 saturated carbocycles. The van der Waals surface area contributed by atoms with Gasteiger partial charge < -0.3 is 4.57 Å². The van der Waals surface area contributed by atoms with Gasteiger partial charge in [0, 0.05) is 55.8 Å². The Morgan fingerprint density at radius 2 is 1.41 bits per heavy atom. The van der Waals surface area contributed by atoms with E-state index < -0.39 is 0 Å². The summed E-state index contributed by atoms with van der Waals surface area (Å²) in [6.45, 7) is 7.71. The zero-order chi connectivity index (χ0) is 30.7. The lowest BCUT2D eigenvalue weighted by Crippen LogP contribution is -2.32. The average Bonchev–Trinajstić information content (AvgIpc) is 3.53. The van der Waals surface area contributed by atoms with Crippen molar-refractivity contribution in [1.29, 1.82) is 0 Å². The maximum atomic E-state index is 4.70. The fourth-order valence-electron chi connectivity index (χ4n) is 6.65. The van der Waals surface area contributed by atoms with Crippen molar-refractivity contribution in [2.75, 3.05) is 0 Å². The Kier molecular flexibility index (Phi) is 11.1. The Balaban J connectivity index is 1.18. The van der Waals surface area contributed by atoms with Gasteiger partial charge in [-0.3, -0.25) is 15.0 Å². The van der Waals surface area contributed by atoms with E-state index in [4.69, 9.17) is 4.98 Å². The summed E-state index contributed by atoms with van der Waals surface area (Å²) in [6, 6.07) is 19.8. The van der Waals surface area contributed by atoms with Crippen molar-refractivity contribution in [2.24, 2.45) is 10.9 Å². The number of unbranched alkanes of at least 4 members (excludes halogenated alkanes) is 1. The first-order valence-corrected chi connectivity index (χ1v) is 16.4. The van der Waals surface area contributed by atoms with Crippen molar-refractivity contribution in [3.05, 3.63) is 139 Å². The van der Waals surface area contributed by atoms with Crippen molar-refractivity contribution >= 4 is 5.71 Å². The molecule has 0 saturated heterocycles. The number of pyridine rings is 4. The summed E-state index contributed by atoms with van der Waals surface area (Å²) < 4.78 is 4.21. The molecular weight excluding hydrogens is 538 g/mol. The van der Waals surface area contributed by atoms with E-state index in [0.29, 0.717) is 23.7 Å². The number of allylic oxidation sites excluding steroid dienone is 1. The predicted octanol–water partition coefficient (Wildman–Crippen LogP) is 8.05. The smallest absolute Gasteiger partial charge is 0.169 e. The minimum absolute atomic E-state index is 0.365. The van der Waals surface area contributed by atoms with Gasteiger partial charge in [0.1, 0.15) is 6.54 Å². The lowest BCUT2D eigenvalue weighted by molar-refractivity contribution is -0.697. The van der Waals surface area contributed by atoms with Crippen LogP contribution in [0.25, 0.3) is 0 Å². The molecule has 44 heavy (non-hydrogen) atoms. The van der Waals surface area contributed by atoms with Crippen molar-refractivity contribution in [3.63, 3.8) is 0 Å². The SMILES string of the molecule is [CH2-][n+]1ccc(C(CC)CC(CC(CC)c2cc[n+](CCCCC3C=CN=C3c3cccc(C)n3)cc2)c2ccncc2)cc1. The van der Waals surface area contributed by atoms with Crippen molar-refractivity contribution in [1.82, 2.24) is 9.97 Å². The van der Waals surface area contributed by atoms with E-state index in [-0.39, 0.29) is 0 Å². The maximum absolute atomic E-state index is 4.70. The molecule has 0 spiro atoms. The molecule has 0 N–H and O–H groups in total. The van der Waals surface area contributed by atoms with E-state index in [2.05, 4.69) is 115 Å².